The van der Waals surface area contributed by atoms with Crippen LogP contribution in [-0.2, 0) is 0 Å². The number of piperidine rings is 1. The smallest absolute Gasteiger partial charge is 0.123 e. The first-order valence-corrected chi connectivity index (χ1v) is 11.4. The monoisotopic (exact) mass is 435 g/mol. The molecule has 0 bridgehead atoms. The number of para-hydroxylation sites is 2. The van der Waals surface area contributed by atoms with E-state index in [1.54, 1.807) is 0 Å². The Morgan fingerprint density at radius 3 is 1.97 bits per heavy atom. The number of likely N-dealkylation sites (tertiary alicyclic amines) is 1. The molecule has 3 aromatic rings. The third kappa shape index (κ3) is 5.86. The van der Waals surface area contributed by atoms with Crippen molar-refractivity contribution in [3.8, 4) is 0 Å². The van der Waals surface area contributed by atoms with E-state index in [4.69, 9.17) is 5.73 Å². The zero-order valence-electron chi connectivity index (χ0n) is 18.3. The van der Waals surface area contributed by atoms with Crippen molar-refractivity contribution < 1.29 is 8.78 Å². The van der Waals surface area contributed by atoms with E-state index in [-0.39, 0.29) is 17.6 Å². The normalized spacial score (nSPS) is 15.2. The first-order chi connectivity index (χ1) is 15.6. The number of nitrogens with one attached hydrogen (secondary N) is 1. The number of nitrogens with two attached hydrogens (primary N) is 1. The van der Waals surface area contributed by atoms with Crippen molar-refractivity contribution in [2.45, 2.75) is 37.6 Å². The fourth-order valence-corrected chi connectivity index (χ4v) is 4.58. The van der Waals surface area contributed by atoms with Crippen LogP contribution in [0.5, 0.6) is 0 Å². The van der Waals surface area contributed by atoms with Crippen molar-refractivity contribution in [1.29, 1.82) is 0 Å². The van der Waals surface area contributed by atoms with Gasteiger partial charge in [-0.3, -0.25) is 0 Å². The first kappa shape index (κ1) is 22.3. The van der Waals surface area contributed by atoms with E-state index in [9.17, 15) is 8.78 Å². The van der Waals surface area contributed by atoms with E-state index in [0.717, 1.165) is 67.8 Å². The molecule has 0 atom stereocenters. The molecule has 0 saturated carbocycles. The number of hydrogen-bond donors (Lipinski definition) is 2. The summed E-state index contributed by atoms with van der Waals surface area (Å²) in [5.74, 6) is -0.336. The summed E-state index contributed by atoms with van der Waals surface area (Å²) in [7, 11) is 0. The van der Waals surface area contributed by atoms with Crippen LogP contribution < -0.4 is 11.1 Å². The molecule has 4 rings (SSSR count). The molecule has 1 aliphatic heterocycles. The molecule has 1 fully saturated rings. The minimum Gasteiger partial charge on any atom is -0.397 e. The van der Waals surface area contributed by atoms with Crippen molar-refractivity contribution in [1.82, 2.24) is 4.90 Å². The van der Waals surface area contributed by atoms with Crippen LogP contribution in [0.25, 0.3) is 0 Å². The van der Waals surface area contributed by atoms with E-state index in [0.29, 0.717) is 6.04 Å². The summed E-state index contributed by atoms with van der Waals surface area (Å²) in [6.07, 6.45) is 4.15. The van der Waals surface area contributed by atoms with Crippen LogP contribution in [-0.4, -0.2) is 30.6 Å². The summed E-state index contributed by atoms with van der Waals surface area (Å²) >= 11 is 0. The molecule has 0 aromatic heterocycles. The minimum atomic E-state index is -0.236. The third-order valence-electron chi connectivity index (χ3n) is 6.42. The Kier molecular flexibility index (Phi) is 7.38. The Balaban J connectivity index is 1.30. The topological polar surface area (TPSA) is 41.3 Å². The lowest BCUT2D eigenvalue weighted by atomic mass is 9.87. The molecule has 3 nitrogen and oxygen atoms in total. The maximum atomic E-state index is 13.4. The molecule has 3 N–H and O–H groups in total. The van der Waals surface area contributed by atoms with E-state index in [1.807, 2.05) is 48.5 Å². The number of hydrogen-bond acceptors (Lipinski definition) is 3. The highest BCUT2D eigenvalue weighted by atomic mass is 19.1. The summed E-state index contributed by atoms with van der Waals surface area (Å²) in [6, 6.07) is 21.8. The lowest BCUT2D eigenvalue weighted by molar-refractivity contribution is 0.214. The van der Waals surface area contributed by atoms with Gasteiger partial charge in [-0.2, -0.15) is 0 Å². The van der Waals surface area contributed by atoms with E-state index >= 15 is 0 Å². The second kappa shape index (κ2) is 10.6. The van der Waals surface area contributed by atoms with Crippen LogP contribution in [0.4, 0.5) is 20.2 Å². The van der Waals surface area contributed by atoms with Crippen LogP contribution in [0.15, 0.2) is 72.8 Å². The molecule has 0 aliphatic carbocycles. The highest BCUT2D eigenvalue weighted by Gasteiger charge is 2.20. The van der Waals surface area contributed by atoms with Gasteiger partial charge in [0.25, 0.3) is 0 Å². The van der Waals surface area contributed by atoms with Gasteiger partial charge in [-0.05, 0) is 79.8 Å². The quantitative estimate of drug-likeness (QED) is 0.424. The zero-order valence-corrected chi connectivity index (χ0v) is 18.3. The zero-order chi connectivity index (χ0) is 22.3. The van der Waals surface area contributed by atoms with Gasteiger partial charge in [0.1, 0.15) is 11.6 Å². The molecule has 5 heteroatoms. The number of anilines is 2. The predicted molar refractivity (Wildman–Crippen MR) is 128 cm³/mol. The molecular formula is C27H31F2N3. The summed E-state index contributed by atoms with van der Waals surface area (Å²) in [5.41, 5.74) is 10.0. The van der Waals surface area contributed by atoms with Crippen LogP contribution in [0, 0.1) is 11.6 Å². The predicted octanol–water partition coefficient (Wildman–Crippen LogP) is 6.04. The molecule has 0 radical (unpaired) electrons. The fraction of sp³-hybridized carbons (Fsp3) is 0.333. The minimum absolute atomic E-state index is 0.136. The molecule has 0 amide bonds. The lowest BCUT2D eigenvalue weighted by Crippen LogP contribution is -2.39. The van der Waals surface area contributed by atoms with Gasteiger partial charge >= 0.3 is 0 Å². The summed E-state index contributed by atoms with van der Waals surface area (Å²) in [5, 5.41) is 3.58. The average Bonchev–Trinajstić information content (AvgIpc) is 2.81. The molecule has 168 valence electrons. The number of rotatable bonds is 8. The van der Waals surface area contributed by atoms with E-state index in [1.165, 1.54) is 24.3 Å². The molecule has 1 heterocycles. The fourth-order valence-electron chi connectivity index (χ4n) is 4.58. The van der Waals surface area contributed by atoms with Gasteiger partial charge in [-0.1, -0.05) is 36.4 Å². The third-order valence-corrected chi connectivity index (χ3v) is 6.42. The van der Waals surface area contributed by atoms with Gasteiger partial charge in [0.15, 0.2) is 0 Å². The van der Waals surface area contributed by atoms with Crippen molar-refractivity contribution in [3.63, 3.8) is 0 Å². The molecule has 1 aliphatic rings. The van der Waals surface area contributed by atoms with Crippen LogP contribution in [0.3, 0.4) is 0 Å². The first-order valence-electron chi connectivity index (χ1n) is 11.4. The van der Waals surface area contributed by atoms with Gasteiger partial charge in [0, 0.05) is 25.0 Å². The second-order valence-corrected chi connectivity index (χ2v) is 8.65. The second-order valence-electron chi connectivity index (χ2n) is 8.65. The van der Waals surface area contributed by atoms with E-state index < -0.39 is 0 Å². The highest BCUT2D eigenvalue weighted by molar-refractivity contribution is 5.66. The van der Waals surface area contributed by atoms with Crippen LogP contribution in [0.2, 0.25) is 0 Å². The van der Waals surface area contributed by atoms with Crippen molar-refractivity contribution in [3.05, 3.63) is 95.6 Å². The summed E-state index contributed by atoms with van der Waals surface area (Å²) < 4.78 is 26.8. The van der Waals surface area contributed by atoms with Gasteiger partial charge in [0.05, 0.1) is 11.4 Å². The Morgan fingerprint density at radius 1 is 0.844 bits per heavy atom. The number of halogens is 2. The van der Waals surface area contributed by atoms with Crippen molar-refractivity contribution in [2.24, 2.45) is 0 Å². The Morgan fingerprint density at radius 2 is 1.41 bits per heavy atom. The van der Waals surface area contributed by atoms with E-state index in [2.05, 4.69) is 10.2 Å². The Labute approximate surface area is 189 Å². The Hall–Kier alpha value is -2.92. The maximum Gasteiger partial charge on any atom is 0.123 e. The average molecular weight is 436 g/mol. The summed E-state index contributed by atoms with van der Waals surface area (Å²) in [6.45, 7) is 3.14. The molecule has 32 heavy (non-hydrogen) atoms. The van der Waals surface area contributed by atoms with Gasteiger partial charge in [0.2, 0.25) is 0 Å². The maximum absolute atomic E-state index is 13.4. The highest BCUT2D eigenvalue weighted by Crippen LogP contribution is 2.30. The Bertz CT molecular complexity index is 935. The van der Waals surface area contributed by atoms with Gasteiger partial charge in [-0.25, -0.2) is 8.78 Å². The number of benzene rings is 3. The van der Waals surface area contributed by atoms with Crippen molar-refractivity contribution >= 4 is 11.4 Å². The molecule has 3 aromatic carbocycles. The number of nitrogen functional groups attached to an aromatic ring is 1. The summed E-state index contributed by atoms with van der Waals surface area (Å²) in [4.78, 5) is 2.51. The molecule has 0 spiro atoms. The molecule has 1 saturated heterocycles. The van der Waals surface area contributed by atoms with Crippen molar-refractivity contribution in [2.75, 3.05) is 30.7 Å². The number of nitrogens with zero attached hydrogens (tertiary/aromatic N) is 1. The lowest BCUT2D eigenvalue weighted by Gasteiger charge is -2.33. The molecular weight excluding hydrogens is 404 g/mol. The SMILES string of the molecule is Nc1ccccc1NC1CCN(CCCC(c2ccc(F)cc2)c2ccc(F)cc2)CC1. The standard InChI is InChI=1S/C27H31F2N3/c28-22-11-7-20(8-12-22)25(21-9-13-23(29)14-10-21)4-3-17-32-18-15-24(16-19-32)31-27-6-2-1-5-26(27)30/h1-2,5-14,24-25,31H,3-4,15-19,30H2. The molecule has 0 unspecified atom stereocenters. The van der Waals surface area contributed by atoms with Gasteiger partial charge in [-0.15, -0.1) is 0 Å². The van der Waals surface area contributed by atoms with Gasteiger partial charge < -0.3 is 16.0 Å². The largest absolute Gasteiger partial charge is 0.397 e. The van der Waals surface area contributed by atoms with Crippen LogP contribution >= 0.6 is 0 Å². The van der Waals surface area contributed by atoms with Crippen LogP contribution in [0.1, 0.15) is 42.7 Å².